The molecule has 0 aromatic heterocycles. The molecule has 3 aromatic carbocycles. The van der Waals surface area contributed by atoms with Gasteiger partial charge in [0.1, 0.15) is 11.3 Å². The highest BCUT2D eigenvalue weighted by molar-refractivity contribution is 9.10. The van der Waals surface area contributed by atoms with Crippen molar-refractivity contribution in [1.82, 2.24) is 0 Å². The molecule has 0 aliphatic rings. The van der Waals surface area contributed by atoms with Gasteiger partial charge in [-0.15, -0.1) is 0 Å². The van der Waals surface area contributed by atoms with Crippen LogP contribution in [0.2, 0.25) is 0 Å². The molecule has 5 nitrogen and oxygen atoms in total. The van der Waals surface area contributed by atoms with Gasteiger partial charge in [0.25, 0.3) is 5.91 Å². The van der Waals surface area contributed by atoms with Gasteiger partial charge in [-0.1, -0.05) is 36.4 Å². The van der Waals surface area contributed by atoms with Crippen molar-refractivity contribution in [3.05, 3.63) is 70.7 Å². The van der Waals surface area contributed by atoms with Crippen LogP contribution >= 0.6 is 15.9 Å². The second-order valence-corrected chi connectivity index (χ2v) is 6.17. The number of phenols is 1. The van der Waals surface area contributed by atoms with E-state index in [9.17, 15) is 14.7 Å². The summed E-state index contributed by atoms with van der Waals surface area (Å²) >= 11 is 3.32. The molecule has 0 saturated carbocycles. The van der Waals surface area contributed by atoms with Crippen LogP contribution in [0.5, 0.6) is 5.75 Å². The summed E-state index contributed by atoms with van der Waals surface area (Å²) in [4.78, 5) is 24.1. The van der Waals surface area contributed by atoms with Crippen molar-refractivity contribution >= 4 is 44.3 Å². The summed E-state index contributed by atoms with van der Waals surface area (Å²) in [5.41, 5.74) is 0.601. The number of halogens is 1. The van der Waals surface area contributed by atoms with Crippen LogP contribution in [-0.4, -0.2) is 23.6 Å². The van der Waals surface area contributed by atoms with Crippen LogP contribution in [0.15, 0.2) is 65.1 Å². The first-order chi connectivity index (χ1) is 12.0. The summed E-state index contributed by atoms with van der Waals surface area (Å²) in [5.74, 6) is -1.42. The molecule has 3 rings (SSSR count). The predicted octanol–water partition coefficient (Wildman–Crippen LogP) is 4.10. The Morgan fingerprint density at radius 2 is 1.64 bits per heavy atom. The number of hydrogen-bond donors (Lipinski definition) is 2. The third kappa shape index (κ3) is 3.97. The smallest absolute Gasteiger partial charge is 0.342 e. The van der Waals surface area contributed by atoms with Crippen LogP contribution < -0.4 is 5.32 Å². The van der Waals surface area contributed by atoms with E-state index >= 15 is 0 Å². The van der Waals surface area contributed by atoms with E-state index in [4.69, 9.17) is 4.74 Å². The summed E-state index contributed by atoms with van der Waals surface area (Å²) in [6.07, 6.45) is 0. The molecule has 0 aliphatic carbocycles. The van der Waals surface area contributed by atoms with Crippen molar-refractivity contribution in [1.29, 1.82) is 0 Å². The minimum absolute atomic E-state index is 0.0207. The van der Waals surface area contributed by atoms with Gasteiger partial charge < -0.3 is 15.2 Å². The van der Waals surface area contributed by atoms with E-state index in [2.05, 4.69) is 21.2 Å². The molecule has 0 aliphatic heterocycles. The minimum Gasteiger partial charge on any atom is -0.507 e. The fourth-order valence-corrected chi connectivity index (χ4v) is 2.73. The molecule has 6 heteroatoms. The highest BCUT2D eigenvalue weighted by Crippen LogP contribution is 2.25. The maximum absolute atomic E-state index is 12.2. The summed E-state index contributed by atoms with van der Waals surface area (Å²) in [6.45, 7) is -0.452. The molecule has 3 aromatic rings. The number of esters is 1. The van der Waals surface area contributed by atoms with E-state index in [1.165, 1.54) is 6.07 Å². The number of carbonyl (C=O) groups excluding carboxylic acids is 2. The number of amides is 1. The van der Waals surface area contributed by atoms with Crippen molar-refractivity contribution in [2.24, 2.45) is 0 Å². The fraction of sp³-hybridized carbons (Fsp3) is 0.0526. The molecule has 0 radical (unpaired) electrons. The molecule has 0 fully saturated rings. The average molecular weight is 400 g/mol. The molecule has 126 valence electrons. The number of carbonyl (C=O) groups is 2. The molecule has 0 spiro atoms. The Morgan fingerprint density at radius 3 is 2.36 bits per heavy atom. The number of ether oxygens (including phenoxy) is 1. The molecule has 25 heavy (non-hydrogen) atoms. The van der Waals surface area contributed by atoms with Gasteiger partial charge in [-0.05, 0) is 51.0 Å². The van der Waals surface area contributed by atoms with Crippen molar-refractivity contribution in [3.63, 3.8) is 0 Å². The largest absolute Gasteiger partial charge is 0.507 e. The zero-order valence-electron chi connectivity index (χ0n) is 13.0. The topological polar surface area (TPSA) is 75.6 Å². The van der Waals surface area contributed by atoms with E-state index in [0.717, 1.165) is 15.2 Å². The number of hydrogen-bond acceptors (Lipinski definition) is 4. The van der Waals surface area contributed by atoms with E-state index < -0.39 is 18.5 Å². The van der Waals surface area contributed by atoms with Gasteiger partial charge in [-0.2, -0.15) is 0 Å². The van der Waals surface area contributed by atoms with Crippen molar-refractivity contribution in [2.75, 3.05) is 11.9 Å². The number of fused-ring (bicyclic) bond motifs is 1. The lowest BCUT2D eigenvalue weighted by Crippen LogP contribution is -2.21. The number of aromatic hydroxyl groups is 1. The standard InChI is InChI=1S/C19H14BrNO4/c20-15-7-3-4-8-16(15)21-18(23)11-25-19(24)14-9-12-5-1-2-6-13(12)10-17(14)22/h1-10,22H,11H2,(H,21,23). The molecular formula is C19H14BrNO4. The van der Waals surface area contributed by atoms with Crippen LogP contribution in [0.3, 0.4) is 0 Å². The normalized spacial score (nSPS) is 10.4. The molecule has 1 amide bonds. The van der Waals surface area contributed by atoms with Crippen molar-refractivity contribution < 1.29 is 19.4 Å². The van der Waals surface area contributed by atoms with Gasteiger partial charge >= 0.3 is 5.97 Å². The number of phenolic OH excluding ortho intramolecular Hbond substituents is 1. The first-order valence-electron chi connectivity index (χ1n) is 7.48. The Bertz CT molecular complexity index is 955. The van der Waals surface area contributed by atoms with Gasteiger partial charge in [0.2, 0.25) is 0 Å². The highest BCUT2D eigenvalue weighted by atomic mass is 79.9. The third-order valence-corrected chi connectivity index (χ3v) is 4.26. The zero-order valence-corrected chi connectivity index (χ0v) is 14.6. The lowest BCUT2D eigenvalue weighted by molar-refractivity contribution is -0.119. The van der Waals surface area contributed by atoms with Crippen LogP contribution in [0.1, 0.15) is 10.4 Å². The molecule has 0 bridgehead atoms. The third-order valence-electron chi connectivity index (χ3n) is 3.57. The Hall–Kier alpha value is -2.86. The Morgan fingerprint density at radius 1 is 1.00 bits per heavy atom. The highest BCUT2D eigenvalue weighted by Gasteiger charge is 2.16. The number of nitrogens with one attached hydrogen (secondary N) is 1. The van der Waals surface area contributed by atoms with Crippen molar-refractivity contribution in [2.45, 2.75) is 0 Å². The first kappa shape index (κ1) is 17.0. The van der Waals surface area contributed by atoms with E-state index in [-0.39, 0.29) is 11.3 Å². The van der Waals surface area contributed by atoms with Gasteiger partial charge in [0, 0.05) is 4.47 Å². The van der Waals surface area contributed by atoms with Crippen molar-refractivity contribution in [3.8, 4) is 5.75 Å². The Kier molecular flexibility index (Phi) is 5.00. The number of rotatable bonds is 4. The maximum Gasteiger partial charge on any atom is 0.342 e. The van der Waals surface area contributed by atoms with Crippen LogP contribution in [-0.2, 0) is 9.53 Å². The number of anilines is 1. The molecular weight excluding hydrogens is 386 g/mol. The lowest BCUT2D eigenvalue weighted by Gasteiger charge is -2.09. The van der Waals surface area contributed by atoms with Crippen LogP contribution in [0.25, 0.3) is 10.8 Å². The fourth-order valence-electron chi connectivity index (χ4n) is 2.35. The van der Waals surface area contributed by atoms with Gasteiger partial charge in [-0.25, -0.2) is 4.79 Å². The number of benzene rings is 3. The SMILES string of the molecule is O=C(COC(=O)c1cc2ccccc2cc1O)Nc1ccccc1Br. The van der Waals surface area contributed by atoms with Gasteiger partial charge in [0.05, 0.1) is 5.69 Å². The van der Waals surface area contributed by atoms with E-state index in [1.54, 1.807) is 24.3 Å². The maximum atomic E-state index is 12.2. The second kappa shape index (κ2) is 7.36. The summed E-state index contributed by atoms with van der Waals surface area (Å²) in [7, 11) is 0. The molecule has 0 unspecified atom stereocenters. The molecule has 0 heterocycles. The van der Waals surface area contributed by atoms with E-state index in [0.29, 0.717) is 5.69 Å². The van der Waals surface area contributed by atoms with Gasteiger partial charge in [0.15, 0.2) is 6.61 Å². The van der Waals surface area contributed by atoms with E-state index in [1.807, 2.05) is 30.3 Å². The summed E-state index contributed by atoms with van der Waals surface area (Å²) < 4.78 is 5.73. The average Bonchev–Trinajstić information content (AvgIpc) is 2.61. The quantitative estimate of drug-likeness (QED) is 0.647. The minimum atomic E-state index is -0.759. The van der Waals surface area contributed by atoms with Crippen LogP contribution in [0.4, 0.5) is 5.69 Å². The monoisotopic (exact) mass is 399 g/mol. The zero-order chi connectivity index (χ0) is 17.8. The van der Waals surface area contributed by atoms with Crippen LogP contribution in [0, 0.1) is 0 Å². The summed E-state index contributed by atoms with van der Waals surface area (Å²) in [6, 6.07) is 17.5. The summed E-state index contributed by atoms with van der Waals surface area (Å²) in [5, 5.41) is 14.2. The second-order valence-electron chi connectivity index (χ2n) is 5.32. The Balaban J connectivity index is 1.67. The molecule has 2 N–H and O–H groups in total. The Labute approximate surface area is 152 Å². The molecule has 0 saturated heterocycles. The predicted molar refractivity (Wildman–Crippen MR) is 98.7 cm³/mol. The van der Waals surface area contributed by atoms with Gasteiger partial charge in [-0.3, -0.25) is 4.79 Å². The molecule has 0 atom stereocenters. The lowest BCUT2D eigenvalue weighted by atomic mass is 10.1. The number of para-hydroxylation sites is 1. The first-order valence-corrected chi connectivity index (χ1v) is 8.27.